The molecule has 0 aliphatic carbocycles. The average Bonchev–Trinajstić information content (AvgIpc) is 3.01. The maximum atomic E-state index is 11.0. The van der Waals surface area contributed by atoms with Gasteiger partial charge in [0.1, 0.15) is 11.9 Å². The van der Waals surface area contributed by atoms with Gasteiger partial charge in [-0.1, -0.05) is 24.3 Å². The first kappa shape index (κ1) is 16.1. The molecule has 0 saturated carbocycles. The second-order valence-electron chi connectivity index (χ2n) is 5.47. The molecule has 0 saturated heterocycles. The van der Waals surface area contributed by atoms with Crippen molar-refractivity contribution in [2.75, 3.05) is 0 Å². The molecule has 0 atom stereocenters. The molecule has 0 fully saturated rings. The summed E-state index contributed by atoms with van der Waals surface area (Å²) in [6, 6.07) is 14.3. The van der Waals surface area contributed by atoms with E-state index >= 15 is 0 Å². The van der Waals surface area contributed by atoms with Crippen molar-refractivity contribution < 1.29 is 4.92 Å². The highest BCUT2D eigenvalue weighted by atomic mass is 16.6. The minimum absolute atomic E-state index is 0.0184. The van der Waals surface area contributed by atoms with E-state index in [1.807, 2.05) is 25.1 Å². The van der Waals surface area contributed by atoms with Gasteiger partial charge in [0, 0.05) is 6.07 Å². The van der Waals surface area contributed by atoms with E-state index < -0.39 is 4.92 Å². The number of fused-ring (bicyclic) bond motifs is 1. The number of aromatic amines is 1. The number of aryl methyl sites for hydroxylation is 1. The van der Waals surface area contributed by atoms with E-state index in [1.165, 1.54) is 6.07 Å². The van der Waals surface area contributed by atoms with Gasteiger partial charge in [-0.15, -0.1) is 0 Å². The fraction of sp³-hybridized carbons (Fsp3) is 0.0526. The molecule has 122 valence electrons. The summed E-state index contributed by atoms with van der Waals surface area (Å²) in [7, 11) is 0. The SMILES string of the molecule is Cc1ccc2nc(C(C#N)=CC=Cc3ccccc3[N+](=O)[O-])[nH]c2c1. The van der Waals surface area contributed by atoms with E-state index in [4.69, 9.17) is 0 Å². The number of imidazole rings is 1. The lowest BCUT2D eigenvalue weighted by atomic mass is 10.1. The molecule has 6 heteroatoms. The molecule has 0 aliphatic rings. The Morgan fingerprint density at radius 1 is 1.32 bits per heavy atom. The number of nitro groups is 1. The highest BCUT2D eigenvalue weighted by Crippen LogP contribution is 2.20. The molecule has 2 aromatic carbocycles. The molecule has 3 aromatic rings. The van der Waals surface area contributed by atoms with Crippen LogP contribution in [0, 0.1) is 28.4 Å². The summed E-state index contributed by atoms with van der Waals surface area (Å²) in [6.07, 6.45) is 4.79. The van der Waals surface area contributed by atoms with Crippen LogP contribution in [0.25, 0.3) is 22.7 Å². The third-order valence-electron chi connectivity index (χ3n) is 3.69. The highest BCUT2D eigenvalue weighted by molar-refractivity contribution is 5.83. The molecular weight excluding hydrogens is 316 g/mol. The first-order valence-electron chi connectivity index (χ1n) is 7.57. The topological polar surface area (TPSA) is 95.6 Å². The molecule has 0 spiro atoms. The molecule has 1 N–H and O–H groups in total. The number of rotatable bonds is 4. The molecule has 0 bridgehead atoms. The Labute approximate surface area is 143 Å². The summed E-state index contributed by atoms with van der Waals surface area (Å²) in [6.45, 7) is 1.98. The lowest BCUT2D eigenvalue weighted by molar-refractivity contribution is -0.385. The fourth-order valence-electron chi connectivity index (χ4n) is 2.46. The van der Waals surface area contributed by atoms with Crippen LogP contribution in [0.2, 0.25) is 0 Å². The number of H-pyrrole nitrogens is 1. The van der Waals surface area contributed by atoms with Gasteiger partial charge in [0.25, 0.3) is 5.69 Å². The molecule has 3 rings (SSSR count). The van der Waals surface area contributed by atoms with Crippen molar-refractivity contribution in [1.82, 2.24) is 9.97 Å². The van der Waals surface area contributed by atoms with Crippen LogP contribution in [0.5, 0.6) is 0 Å². The van der Waals surface area contributed by atoms with E-state index in [9.17, 15) is 15.4 Å². The largest absolute Gasteiger partial charge is 0.337 e. The van der Waals surface area contributed by atoms with Crippen molar-refractivity contribution in [2.45, 2.75) is 6.92 Å². The number of nitriles is 1. The summed E-state index contributed by atoms with van der Waals surface area (Å²) >= 11 is 0. The first-order chi connectivity index (χ1) is 12.1. The van der Waals surface area contributed by atoms with Crippen LogP contribution in [0.3, 0.4) is 0 Å². The summed E-state index contributed by atoms with van der Waals surface area (Å²) in [5.74, 6) is 0.468. The number of nitrogens with one attached hydrogen (secondary N) is 1. The zero-order valence-electron chi connectivity index (χ0n) is 13.4. The third kappa shape index (κ3) is 3.46. The Morgan fingerprint density at radius 3 is 2.88 bits per heavy atom. The Hall–Kier alpha value is -3.72. The number of allylic oxidation sites excluding steroid dienone is 3. The van der Waals surface area contributed by atoms with Gasteiger partial charge in [-0.25, -0.2) is 4.98 Å². The zero-order valence-corrected chi connectivity index (χ0v) is 13.4. The Bertz CT molecular complexity index is 1050. The number of nitrogens with zero attached hydrogens (tertiary/aromatic N) is 3. The normalized spacial score (nSPS) is 11.8. The van der Waals surface area contributed by atoms with Crippen LogP contribution in [-0.2, 0) is 0 Å². The fourth-order valence-corrected chi connectivity index (χ4v) is 2.46. The molecule has 6 nitrogen and oxygen atoms in total. The standard InChI is InChI=1S/C19H14N4O2/c1-13-9-10-16-17(11-13)22-19(21-16)15(12-20)7-4-6-14-5-2-3-8-18(14)23(24)25/h2-11H,1H3,(H,21,22). The van der Waals surface area contributed by atoms with E-state index in [-0.39, 0.29) is 5.69 Å². The van der Waals surface area contributed by atoms with Crippen LogP contribution in [-0.4, -0.2) is 14.9 Å². The van der Waals surface area contributed by atoms with Gasteiger partial charge in [0.2, 0.25) is 0 Å². The van der Waals surface area contributed by atoms with E-state index in [2.05, 4.69) is 16.0 Å². The number of hydrogen-bond donors (Lipinski definition) is 1. The predicted octanol–water partition coefficient (Wildman–Crippen LogP) is 4.40. The molecule has 0 aliphatic heterocycles. The second kappa shape index (κ2) is 6.81. The van der Waals surface area contributed by atoms with Gasteiger partial charge in [0.05, 0.1) is 27.1 Å². The van der Waals surface area contributed by atoms with Crippen molar-refractivity contribution in [3.8, 4) is 6.07 Å². The van der Waals surface area contributed by atoms with Gasteiger partial charge in [-0.3, -0.25) is 10.1 Å². The van der Waals surface area contributed by atoms with Crippen LogP contribution in [0.15, 0.2) is 54.6 Å². The summed E-state index contributed by atoms with van der Waals surface area (Å²) in [5.41, 5.74) is 3.58. The van der Waals surface area contributed by atoms with E-state index in [0.29, 0.717) is 17.0 Å². The minimum atomic E-state index is -0.434. The first-order valence-corrected chi connectivity index (χ1v) is 7.57. The van der Waals surface area contributed by atoms with Crippen molar-refractivity contribution >= 4 is 28.4 Å². The summed E-state index contributed by atoms with van der Waals surface area (Å²) < 4.78 is 0. The lowest BCUT2D eigenvalue weighted by Crippen LogP contribution is -1.90. The maximum Gasteiger partial charge on any atom is 0.276 e. The quantitative estimate of drug-likeness (QED) is 0.332. The van der Waals surface area contributed by atoms with Crippen molar-refractivity contribution in [3.63, 3.8) is 0 Å². The number of hydrogen-bond acceptors (Lipinski definition) is 4. The second-order valence-corrected chi connectivity index (χ2v) is 5.47. The van der Waals surface area contributed by atoms with Gasteiger partial charge >= 0.3 is 0 Å². The van der Waals surface area contributed by atoms with Gasteiger partial charge < -0.3 is 4.98 Å². The van der Waals surface area contributed by atoms with Crippen LogP contribution < -0.4 is 0 Å². The molecule has 1 heterocycles. The van der Waals surface area contributed by atoms with E-state index in [1.54, 1.807) is 36.4 Å². The Balaban J connectivity index is 1.93. The highest BCUT2D eigenvalue weighted by Gasteiger charge is 2.09. The van der Waals surface area contributed by atoms with E-state index in [0.717, 1.165) is 16.6 Å². The number of aromatic nitrogens is 2. The zero-order chi connectivity index (χ0) is 17.8. The van der Waals surface area contributed by atoms with Crippen molar-refractivity contribution in [3.05, 3.63) is 81.7 Å². The third-order valence-corrected chi connectivity index (χ3v) is 3.69. The summed E-state index contributed by atoms with van der Waals surface area (Å²) in [5, 5.41) is 20.4. The predicted molar refractivity (Wildman–Crippen MR) is 96.6 cm³/mol. The number of benzene rings is 2. The summed E-state index contributed by atoms with van der Waals surface area (Å²) in [4.78, 5) is 18.1. The van der Waals surface area contributed by atoms with Crippen LogP contribution in [0.1, 0.15) is 17.0 Å². The van der Waals surface area contributed by atoms with Crippen LogP contribution in [0.4, 0.5) is 5.69 Å². The minimum Gasteiger partial charge on any atom is -0.337 e. The van der Waals surface area contributed by atoms with Crippen molar-refractivity contribution in [2.24, 2.45) is 0 Å². The van der Waals surface area contributed by atoms with Gasteiger partial charge in [-0.2, -0.15) is 5.26 Å². The molecular formula is C19H14N4O2. The smallest absolute Gasteiger partial charge is 0.276 e. The molecule has 0 radical (unpaired) electrons. The van der Waals surface area contributed by atoms with Crippen LogP contribution >= 0.6 is 0 Å². The molecule has 0 unspecified atom stereocenters. The molecule has 1 aromatic heterocycles. The average molecular weight is 330 g/mol. The monoisotopic (exact) mass is 330 g/mol. The van der Waals surface area contributed by atoms with Crippen molar-refractivity contribution in [1.29, 1.82) is 5.26 Å². The Kier molecular flexibility index (Phi) is 4.40. The van der Waals surface area contributed by atoms with Gasteiger partial charge in [0.15, 0.2) is 0 Å². The maximum absolute atomic E-state index is 11.0. The number of para-hydroxylation sites is 1. The number of nitro benzene ring substituents is 1. The molecule has 0 amide bonds. The lowest BCUT2D eigenvalue weighted by Gasteiger charge is -1.95. The van der Waals surface area contributed by atoms with Gasteiger partial charge in [-0.05, 0) is 42.8 Å². The molecule has 25 heavy (non-hydrogen) atoms. The Morgan fingerprint density at radius 2 is 2.12 bits per heavy atom.